The number of rotatable bonds is 6. The second-order valence-electron chi connectivity index (χ2n) is 4.91. The average Bonchev–Trinajstić information content (AvgIpc) is 2.65. The van der Waals surface area contributed by atoms with E-state index in [4.69, 9.17) is 5.73 Å². The van der Waals surface area contributed by atoms with E-state index in [2.05, 4.69) is 10.3 Å². The van der Waals surface area contributed by atoms with Gasteiger partial charge in [-0.2, -0.15) is 0 Å². The summed E-state index contributed by atoms with van der Waals surface area (Å²) in [6.07, 6.45) is 1.38. The predicted molar refractivity (Wildman–Crippen MR) is 75.5 cm³/mol. The van der Waals surface area contributed by atoms with Gasteiger partial charge in [0.05, 0.1) is 0 Å². The quantitative estimate of drug-likeness (QED) is 0.682. The van der Waals surface area contributed by atoms with Gasteiger partial charge >= 0.3 is 0 Å². The molecular formula is C14H23N3O2. The minimum atomic E-state index is -0.173. The van der Waals surface area contributed by atoms with Crippen molar-refractivity contribution in [1.82, 2.24) is 10.3 Å². The molecular weight excluding hydrogens is 242 g/mol. The Morgan fingerprint density at radius 1 is 1.42 bits per heavy atom. The van der Waals surface area contributed by atoms with Crippen molar-refractivity contribution < 1.29 is 9.59 Å². The fourth-order valence-electron chi connectivity index (χ4n) is 2.20. The van der Waals surface area contributed by atoms with Crippen LogP contribution >= 0.6 is 0 Å². The molecule has 0 aliphatic rings. The molecule has 0 aliphatic heterocycles. The maximum absolute atomic E-state index is 12.1. The summed E-state index contributed by atoms with van der Waals surface area (Å²) in [5, 5.41) is 2.82. The van der Waals surface area contributed by atoms with Crippen LogP contribution in [-0.2, 0) is 6.42 Å². The highest BCUT2D eigenvalue weighted by atomic mass is 16.2. The lowest BCUT2D eigenvalue weighted by Crippen LogP contribution is -2.29. The first-order chi connectivity index (χ1) is 8.88. The van der Waals surface area contributed by atoms with Crippen molar-refractivity contribution in [2.45, 2.75) is 46.6 Å². The fourth-order valence-corrected chi connectivity index (χ4v) is 2.20. The molecule has 0 bridgehead atoms. The smallest absolute Gasteiger partial charge is 0.268 e. The number of aromatic amines is 1. The third-order valence-corrected chi connectivity index (χ3v) is 3.11. The molecule has 1 aromatic rings. The van der Waals surface area contributed by atoms with E-state index >= 15 is 0 Å². The van der Waals surface area contributed by atoms with Crippen LogP contribution in [-0.4, -0.2) is 29.3 Å². The molecule has 0 aromatic carbocycles. The second kappa shape index (κ2) is 6.52. The first-order valence-electron chi connectivity index (χ1n) is 6.64. The summed E-state index contributed by atoms with van der Waals surface area (Å²) in [6.45, 7) is 7.71. The van der Waals surface area contributed by atoms with Gasteiger partial charge in [-0.25, -0.2) is 0 Å². The van der Waals surface area contributed by atoms with Crippen LogP contribution in [0, 0.1) is 6.92 Å². The highest BCUT2D eigenvalue weighted by Crippen LogP contribution is 2.20. The number of hydrogen-bond acceptors (Lipinski definition) is 3. The van der Waals surface area contributed by atoms with Crippen molar-refractivity contribution >= 4 is 11.7 Å². The molecule has 1 aromatic heterocycles. The summed E-state index contributed by atoms with van der Waals surface area (Å²) in [4.78, 5) is 26.7. The molecule has 19 heavy (non-hydrogen) atoms. The Hall–Kier alpha value is -1.62. The maximum Gasteiger partial charge on any atom is 0.268 e. The standard InChI is InChI=1S/C14H23N3O2/c1-5-11-12(10(4)18)9(3)17-13(11)14(19)16-7-6-8(2)15/h8,17H,5-7,15H2,1-4H3,(H,16,19). The van der Waals surface area contributed by atoms with Crippen molar-refractivity contribution in [3.8, 4) is 0 Å². The predicted octanol–water partition coefficient (Wildman–Crippen LogP) is 1.56. The SMILES string of the molecule is CCc1c(C(=O)NCCC(C)N)[nH]c(C)c1C(C)=O. The maximum atomic E-state index is 12.1. The molecule has 0 saturated carbocycles. The Labute approximate surface area is 114 Å². The molecule has 1 amide bonds. The first kappa shape index (κ1) is 15.4. The van der Waals surface area contributed by atoms with Crippen LogP contribution in [0.2, 0.25) is 0 Å². The molecule has 5 heteroatoms. The van der Waals surface area contributed by atoms with Crippen molar-refractivity contribution in [3.63, 3.8) is 0 Å². The van der Waals surface area contributed by atoms with Gasteiger partial charge in [-0.15, -0.1) is 0 Å². The number of hydrogen-bond donors (Lipinski definition) is 3. The molecule has 1 rings (SSSR count). The van der Waals surface area contributed by atoms with Gasteiger partial charge in [0.25, 0.3) is 5.91 Å². The molecule has 0 aliphatic carbocycles. The van der Waals surface area contributed by atoms with Gasteiger partial charge in [0, 0.05) is 23.8 Å². The van der Waals surface area contributed by atoms with Crippen molar-refractivity contribution in [1.29, 1.82) is 0 Å². The molecule has 1 atom stereocenters. The van der Waals surface area contributed by atoms with Gasteiger partial charge in [0.1, 0.15) is 5.69 Å². The van der Waals surface area contributed by atoms with Crippen LogP contribution in [0.25, 0.3) is 0 Å². The van der Waals surface area contributed by atoms with Gasteiger partial charge in [-0.05, 0) is 39.2 Å². The van der Waals surface area contributed by atoms with E-state index in [1.165, 1.54) is 6.92 Å². The lowest BCUT2D eigenvalue weighted by atomic mass is 10.0. The minimum Gasteiger partial charge on any atom is -0.354 e. The summed E-state index contributed by atoms with van der Waals surface area (Å²) >= 11 is 0. The Kier molecular flexibility index (Phi) is 5.30. The number of ketones is 1. The largest absolute Gasteiger partial charge is 0.354 e. The van der Waals surface area contributed by atoms with Crippen LogP contribution in [0.15, 0.2) is 0 Å². The molecule has 4 N–H and O–H groups in total. The number of carbonyl (C=O) groups excluding carboxylic acids is 2. The molecule has 0 saturated heterocycles. The number of Topliss-reactive ketones (excluding diaryl/α,β-unsaturated/α-hetero) is 1. The number of H-pyrrole nitrogens is 1. The van der Waals surface area contributed by atoms with Crippen LogP contribution in [0.4, 0.5) is 0 Å². The molecule has 0 spiro atoms. The molecule has 1 unspecified atom stereocenters. The van der Waals surface area contributed by atoms with Crippen LogP contribution < -0.4 is 11.1 Å². The van der Waals surface area contributed by atoms with E-state index < -0.39 is 0 Å². The zero-order valence-electron chi connectivity index (χ0n) is 12.1. The molecule has 106 valence electrons. The Morgan fingerprint density at radius 3 is 2.53 bits per heavy atom. The van der Waals surface area contributed by atoms with Crippen LogP contribution in [0.1, 0.15) is 59.3 Å². The summed E-state index contributed by atoms with van der Waals surface area (Å²) in [7, 11) is 0. The average molecular weight is 265 g/mol. The lowest BCUT2D eigenvalue weighted by molar-refractivity contribution is 0.0947. The van der Waals surface area contributed by atoms with Crippen molar-refractivity contribution in [2.75, 3.05) is 6.54 Å². The number of carbonyl (C=O) groups is 2. The van der Waals surface area contributed by atoms with Gasteiger partial charge in [0.15, 0.2) is 5.78 Å². The number of amides is 1. The van der Waals surface area contributed by atoms with Crippen LogP contribution in [0.5, 0.6) is 0 Å². The molecule has 5 nitrogen and oxygen atoms in total. The zero-order chi connectivity index (χ0) is 14.6. The topological polar surface area (TPSA) is 88.0 Å². The van der Waals surface area contributed by atoms with E-state index in [1.54, 1.807) is 0 Å². The van der Waals surface area contributed by atoms with Gasteiger partial charge < -0.3 is 16.0 Å². The van der Waals surface area contributed by atoms with E-state index in [-0.39, 0.29) is 17.7 Å². The third kappa shape index (κ3) is 3.67. The Bertz CT molecular complexity index is 475. The number of nitrogens with two attached hydrogens (primary N) is 1. The molecule has 1 heterocycles. The summed E-state index contributed by atoms with van der Waals surface area (Å²) < 4.78 is 0. The van der Waals surface area contributed by atoms with E-state index in [0.29, 0.717) is 24.2 Å². The molecule has 0 fully saturated rings. The van der Waals surface area contributed by atoms with Crippen molar-refractivity contribution in [3.05, 3.63) is 22.5 Å². The second-order valence-corrected chi connectivity index (χ2v) is 4.91. The fraction of sp³-hybridized carbons (Fsp3) is 0.571. The number of aryl methyl sites for hydroxylation is 1. The monoisotopic (exact) mass is 265 g/mol. The Balaban J connectivity index is 2.91. The highest BCUT2D eigenvalue weighted by molar-refractivity contribution is 6.02. The Morgan fingerprint density at radius 2 is 2.05 bits per heavy atom. The summed E-state index contributed by atoms with van der Waals surface area (Å²) in [5.74, 6) is -0.187. The van der Waals surface area contributed by atoms with E-state index in [9.17, 15) is 9.59 Å². The first-order valence-corrected chi connectivity index (χ1v) is 6.64. The van der Waals surface area contributed by atoms with Crippen molar-refractivity contribution in [2.24, 2.45) is 5.73 Å². The summed E-state index contributed by atoms with van der Waals surface area (Å²) in [6, 6.07) is 0.0594. The lowest BCUT2D eigenvalue weighted by Gasteiger charge is -2.07. The van der Waals surface area contributed by atoms with Gasteiger partial charge in [0.2, 0.25) is 0 Å². The van der Waals surface area contributed by atoms with Crippen LogP contribution in [0.3, 0.4) is 0 Å². The van der Waals surface area contributed by atoms with E-state index in [0.717, 1.165) is 17.7 Å². The number of aromatic nitrogens is 1. The minimum absolute atomic E-state index is 0.0137. The normalized spacial score (nSPS) is 12.3. The van der Waals surface area contributed by atoms with Gasteiger partial charge in [-0.3, -0.25) is 9.59 Å². The third-order valence-electron chi connectivity index (χ3n) is 3.11. The summed E-state index contributed by atoms with van der Waals surface area (Å²) in [5.41, 5.74) is 8.32. The number of nitrogens with one attached hydrogen (secondary N) is 2. The van der Waals surface area contributed by atoms with E-state index in [1.807, 2.05) is 20.8 Å². The zero-order valence-corrected chi connectivity index (χ0v) is 12.1. The highest BCUT2D eigenvalue weighted by Gasteiger charge is 2.21. The molecule has 0 radical (unpaired) electrons. The van der Waals surface area contributed by atoms with Gasteiger partial charge in [-0.1, -0.05) is 6.92 Å².